The van der Waals surface area contributed by atoms with E-state index < -0.39 is 0 Å². The summed E-state index contributed by atoms with van der Waals surface area (Å²) in [5.74, 6) is 1.41. The average Bonchev–Trinajstić information content (AvgIpc) is 2.26. The Balaban J connectivity index is 2.10. The summed E-state index contributed by atoms with van der Waals surface area (Å²) < 4.78 is 0. The van der Waals surface area contributed by atoms with E-state index in [1.165, 1.54) is 18.4 Å². The van der Waals surface area contributed by atoms with E-state index in [4.69, 9.17) is 11.6 Å². The normalized spacial score (nSPS) is 28.8. The minimum atomic E-state index is 0.655. The molecule has 88 valence electrons. The molecule has 1 aliphatic carbocycles. The van der Waals surface area contributed by atoms with Gasteiger partial charge in [0.2, 0.25) is 0 Å². The van der Waals surface area contributed by atoms with E-state index in [-0.39, 0.29) is 0 Å². The molecule has 1 fully saturated rings. The Hall–Kier alpha value is -0.530. The zero-order valence-corrected chi connectivity index (χ0v) is 10.8. The van der Waals surface area contributed by atoms with Crippen molar-refractivity contribution in [2.45, 2.75) is 38.6 Å². The van der Waals surface area contributed by atoms with Crippen molar-refractivity contribution in [3.8, 4) is 0 Å². The second-order valence-corrected chi connectivity index (χ2v) is 5.01. The van der Waals surface area contributed by atoms with Gasteiger partial charge in [0.05, 0.1) is 0 Å². The van der Waals surface area contributed by atoms with Crippen LogP contribution in [0.15, 0.2) is 24.3 Å². The highest BCUT2D eigenvalue weighted by atomic mass is 35.5. The van der Waals surface area contributed by atoms with Gasteiger partial charge in [-0.25, -0.2) is 0 Å². The highest BCUT2D eigenvalue weighted by Crippen LogP contribution is 2.46. The second-order valence-electron chi connectivity index (χ2n) is 4.60. The van der Waals surface area contributed by atoms with Gasteiger partial charge < -0.3 is 5.32 Å². The lowest BCUT2D eigenvalue weighted by atomic mass is 9.65. The van der Waals surface area contributed by atoms with Crippen molar-refractivity contribution in [1.82, 2.24) is 5.32 Å². The summed E-state index contributed by atoms with van der Waals surface area (Å²) in [6.07, 6.45) is 2.46. The van der Waals surface area contributed by atoms with Crippen LogP contribution in [0, 0.1) is 5.92 Å². The van der Waals surface area contributed by atoms with Gasteiger partial charge in [-0.1, -0.05) is 50.1 Å². The summed E-state index contributed by atoms with van der Waals surface area (Å²) in [5.41, 5.74) is 1.34. The smallest absolute Gasteiger partial charge is 0.0440 e. The van der Waals surface area contributed by atoms with Gasteiger partial charge in [0, 0.05) is 11.1 Å². The Morgan fingerprint density at radius 1 is 1.31 bits per heavy atom. The highest BCUT2D eigenvalue weighted by Gasteiger charge is 2.40. The van der Waals surface area contributed by atoms with Gasteiger partial charge in [-0.2, -0.15) is 0 Å². The summed E-state index contributed by atoms with van der Waals surface area (Å²) in [6.45, 7) is 5.52. The SMILES string of the molecule is CCNC1CC(c2ccccc2Cl)C1CC. The zero-order valence-electron chi connectivity index (χ0n) is 10.0. The molecule has 0 bridgehead atoms. The molecule has 0 aromatic heterocycles. The largest absolute Gasteiger partial charge is 0.314 e. The molecule has 0 radical (unpaired) electrons. The Kier molecular flexibility index (Phi) is 3.88. The lowest BCUT2D eigenvalue weighted by Gasteiger charge is -2.45. The number of rotatable bonds is 4. The lowest BCUT2D eigenvalue weighted by molar-refractivity contribution is 0.163. The number of hydrogen-bond donors (Lipinski definition) is 1. The molecule has 0 saturated heterocycles. The molecule has 1 nitrogen and oxygen atoms in total. The summed E-state index contributed by atoms with van der Waals surface area (Å²) in [7, 11) is 0. The molecule has 16 heavy (non-hydrogen) atoms. The number of halogens is 1. The fourth-order valence-corrected chi connectivity index (χ4v) is 3.18. The second kappa shape index (κ2) is 5.20. The van der Waals surface area contributed by atoms with Crippen LogP contribution in [-0.4, -0.2) is 12.6 Å². The zero-order chi connectivity index (χ0) is 11.5. The number of hydrogen-bond acceptors (Lipinski definition) is 1. The predicted molar refractivity (Wildman–Crippen MR) is 70.1 cm³/mol. The predicted octanol–water partition coefficient (Wildman–Crippen LogP) is 3.83. The molecule has 1 saturated carbocycles. The molecule has 1 aliphatic rings. The van der Waals surface area contributed by atoms with Gasteiger partial charge >= 0.3 is 0 Å². The highest BCUT2D eigenvalue weighted by molar-refractivity contribution is 6.31. The van der Waals surface area contributed by atoms with Crippen LogP contribution in [0.1, 0.15) is 38.2 Å². The van der Waals surface area contributed by atoms with Gasteiger partial charge in [0.15, 0.2) is 0 Å². The molecule has 3 unspecified atom stereocenters. The van der Waals surface area contributed by atoms with Gasteiger partial charge in [0.25, 0.3) is 0 Å². The molecule has 2 rings (SSSR count). The molecule has 0 spiro atoms. The maximum atomic E-state index is 6.26. The van der Waals surface area contributed by atoms with Crippen LogP contribution in [0.5, 0.6) is 0 Å². The van der Waals surface area contributed by atoms with Crippen molar-refractivity contribution in [3.05, 3.63) is 34.9 Å². The van der Waals surface area contributed by atoms with E-state index in [0.29, 0.717) is 12.0 Å². The Bertz CT molecular complexity index is 350. The van der Waals surface area contributed by atoms with Gasteiger partial charge in [-0.05, 0) is 36.4 Å². The summed E-state index contributed by atoms with van der Waals surface area (Å²) in [4.78, 5) is 0. The number of nitrogens with one attached hydrogen (secondary N) is 1. The first-order chi connectivity index (χ1) is 7.77. The van der Waals surface area contributed by atoms with Crippen molar-refractivity contribution >= 4 is 11.6 Å². The molecular weight excluding hydrogens is 218 g/mol. The number of benzene rings is 1. The Morgan fingerprint density at radius 2 is 2.06 bits per heavy atom. The van der Waals surface area contributed by atoms with Crippen LogP contribution in [0.25, 0.3) is 0 Å². The minimum Gasteiger partial charge on any atom is -0.314 e. The summed E-state index contributed by atoms with van der Waals surface area (Å²) >= 11 is 6.26. The van der Waals surface area contributed by atoms with E-state index in [1.54, 1.807) is 0 Å². The third-order valence-electron chi connectivity index (χ3n) is 3.78. The topological polar surface area (TPSA) is 12.0 Å². The van der Waals surface area contributed by atoms with E-state index in [0.717, 1.165) is 17.5 Å². The average molecular weight is 238 g/mol. The summed E-state index contributed by atoms with van der Waals surface area (Å²) in [6, 6.07) is 8.97. The minimum absolute atomic E-state index is 0.655. The van der Waals surface area contributed by atoms with Crippen LogP contribution in [-0.2, 0) is 0 Å². The molecule has 0 aliphatic heterocycles. The quantitative estimate of drug-likeness (QED) is 0.839. The fraction of sp³-hybridized carbons (Fsp3) is 0.571. The van der Waals surface area contributed by atoms with Crippen LogP contribution >= 0.6 is 11.6 Å². The maximum absolute atomic E-state index is 6.26. The molecule has 1 aromatic rings. The van der Waals surface area contributed by atoms with Gasteiger partial charge in [-0.15, -0.1) is 0 Å². The van der Waals surface area contributed by atoms with Crippen LogP contribution in [0.4, 0.5) is 0 Å². The maximum Gasteiger partial charge on any atom is 0.0440 e. The van der Waals surface area contributed by atoms with Crippen LogP contribution in [0.3, 0.4) is 0 Å². The molecule has 1 N–H and O–H groups in total. The fourth-order valence-electron chi connectivity index (χ4n) is 2.91. The summed E-state index contributed by atoms with van der Waals surface area (Å²) in [5, 5.41) is 4.49. The first kappa shape index (κ1) is 11.9. The third-order valence-corrected chi connectivity index (χ3v) is 4.13. The van der Waals surface area contributed by atoms with Crippen molar-refractivity contribution in [2.24, 2.45) is 5.92 Å². The van der Waals surface area contributed by atoms with Crippen molar-refractivity contribution in [3.63, 3.8) is 0 Å². The van der Waals surface area contributed by atoms with Crippen LogP contribution < -0.4 is 5.32 Å². The molecule has 2 heteroatoms. The monoisotopic (exact) mass is 237 g/mol. The van der Waals surface area contributed by atoms with Crippen molar-refractivity contribution < 1.29 is 0 Å². The lowest BCUT2D eigenvalue weighted by Crippen LogP contribution is -2.48. The van der Waals surface area contributed by atoms with E-state index in [1.807, 2.05) is 12.1 Å². The van der Waals surface area contributed by atoms with E-state index in [9.17, 15) is 0 Å². The third kappa shape index (κ3) is 2.11. The van der Waals surface area contributed by atoms with E-state index in [2.05, 4.69) is 31.3 Å². The first-order valence-corrected chi connectivity index (χ1v) is 6.63. The molecular formula is C14H20ClN. The molecule has 3 atom stereocenters. The van der Waals surface area contributed by atoms with Gasteiger partial charge in [0.1, 0.15) is 0 Å². The van der Waals surface area contributed by atoms with Gasteiger partial charge in [-0.3, -0.25) is 0 Å². The Morgan fingerprint density at radius 3 is 2.69 bits per heavy atom. The molecule has 0 amide bonds. The van der Waals surface area contributed by atoms with E-state index >= 15 is 0 Å². The van der Waals surface area contributed by atoms with Crippen molar-refractivity contribution in [1.29, 1.82) is 0 Å². The van der Waals surface area contributed by atoms with Crippen molar-refractivity contribution in [2.75, 3.05) is 6.54 Å². The Labute approximate surface area is 103 Å². The first-order valence-electron chi connectivity index (χ1n) is 6.25. The van der Waals surface area contributed by atoms with Crippen LogP contribution in [0.2, 0.25) is 5.02 Å². The molecule has 1 aromatic carbocycles. The molecule has 0 heterocycles. The standard InChI is InChI=1S/C14H20ClN/c1-3-10-12(9-14(10)16-4-2)11-7-5-6-8-13(11)15/h5-8,10,12,14,16H,3-4,9H2,1-2H3.